The Balaban J connectivity index is 1.58. The zero-order valence-electron chi connectivity index (χ0n) is 14.7. The van der Waals surface area contributed by atoms with E-state index in [2.05, 4.69) is 5.32 Å². The van der Waals surface area contributed by atoms with Gasteiger partial charge in [-0.05, 0) is 35.4 Å². The van der Waals surface area contributed by atoms with Gasteiger partial charge in [0.15, 0.2) is 0 Å². The Kier molecular flexibility index (Phi) is 6.29. The lowest BCUT2D eigenvalue weighted by Crippen LogP contribution is -2.40. The van der Waals surface area contributed by atoms with Gasteiger partial charge in [0.2, 0.25) is 5.91 Å². The molecule has 1 N–H and O–H groups in total. The molecule has 150 valence electrons. The molecule has 3 rings (SSSR count). The fraction of sp³-hybridized carbons (Fsp3) is 0.278. The van der Waals surface area contributed by atoms with Gasteiger partial charge in [-0.2, -0.15) is 17.0 Å². The first-order valence-electron chi connectivity index (χ1n) is 8.46. The second-order valence-electron chi connectivity index (χ2n) is 6.31. The average molecular weight is 430 g/mol. The lowest BCUT2D eigenvalue weighted by Gasteiger charge is -2.19. The highest BCUT2D eigenvalue weighted by Crippen LogP contribution is 2.24. The number of carbonyl (C=O) groups excluding carboxylic acids is 1. The summed E-state index contributed by atoms with van der Waals surface area (Å²) in [5.41, 5.74) is 1.18. The predicted octanol–water partition coefficient (Wildman–Crippen LogP) is 2.30. The number of hydrogen-bond acceptors (Lipinski definition) is 3. The fourth-order valence-electron chi connectivity index (χ4n) is 2.80. The molecule has 2 aromatic carbocycles. The van der Waals surface area contributed by atoms with Gasteiger partial charge < -0.3 is 5.32 Å². The molecule has 0 bridgehead atoms. The van der Waals surface area contributed by atoms with Crippen molar-refractivity contribution in [1.82, 2.24) is 13.9 Å². The Morgan fingerprint density at radius 1 is 1.04 bits per heavy atom. The van der Waals surface area contributed by atoms with Crippen molar-refractivity contribution in [2.45, 2.75) is 13.1 Å². The molecule has 28 heavy (non-hydrogen) atoms. The Hall–Kier alpha value is -2.07. The highest BCUT2D eigenvalue weighted by molar-refractivity contribution is 7.87. The van der Waals surface area contributed by atoms with Crippen LogP contribution >= 0.6 is 11.6 Å². The van der Waals surface area contributed by atoms with E-state index in [0.717, 1.165) is 10.4 Å². The van der Waals surface area contributed by atoms with Crippen LogP contribution in [0.2, 0.25) is 5.02 Å². The Bertz CT molecular complexity index is 971. The average Bonchev–Trinajstić information content (AvgIpc) is 2.91. The summed E-state index contributed by atoms with van der Waals surface area (Å²) in [6.45, 7) is 0.195. The second kappa shape index (κ2) is 8.52. The number of benzene rings is 2. The number of halogens is 3. The van der Waals surface area contributed by atoms with Crippen molar-refractivity contribution in [1.29, 1.82) is 0 Å². The van der Waals surface area contributed by atoms with Crippen molar-refractivity contribution < 1.29 is 22.0 Å². The maximum absolute atomic E-state index is 13.1. The van der Waals surface area contributed by atoms with Crippen molar-refractivity contribution in [3.05, 3.63) is 70.2 Å². The van der Waals surface area contributed by atoms with Gasteiger partial charge in [-0.25, -0.2) is 8.78 Å². The molecule has 0 atom stereocenters. The molecule has 10 heteroatoms. The maximum atomic E-state index is 13.1. The minimum absolute atomic E-state index is 0.00482. The lowest BCUT2D eigenvalue weighted by molar-refractivity contribution is -0.121. The van der Waals surface area contributed by atoms with Crippen LogP contribution in [0.1, 0.15) is 11.1 Å². The SMILES string of the molecule is O=C(CN1CCN(Cc2ccc(F)cc2Cl)S1(=O)=O)NCc1ccc(F)cc1. The zero-order valence-corrected chi connectivity index (χ0v) is 16.3. The van der Waals surface area contributed by atoms with Gasteiger partial charge in [-0.15, -0.1) is 0 Å². The van der Waals surface area contributed by atoms with Crippen LogP contribution in [0.25, 0.3) is 0 Å². The number of nitrogens with one attached hydrogen (secondary N) is 1. The van der Waals surface area contributed by atoms with Crippen LogP contribution in [-0.4, -0.2) is 42.6 Å². The molecule has 0 radical (unpaired) electrons. The molecular weight excluding hydrogens is 412 g/mol. The molecule has 1 heterocycles. The summed E-state index contributed by atoms with van der Waals surface area (Å²) < 4.78 is 53.6. The summed E-state index contributed by atoms with van der Waals surface area (Å²) in [7, 11) is -3.83. The number of carbonyl (C=O) groups is 1. The highest BCUT2D eigenvalue weighted by Gasteiger charge is 2.37. The molecule has 6 nitrogen and oxygen atoms in total. The van der Waals surface area contributed by atoms with E-state index in [1.165, 1.54) is 40.7 Å². The number of rotatable bonds is 6. The summed E-state index contributed by atoms with van der Waals surface area (Å²) in [6, 6.07) is 9.42. The monoisotopic (exact) mass is 429 g/mol. The molecule has 0 aliphatic carbocycles. The highest BCUT2D eigenvalue weighted by atomic mass is 35.5. The molecular formula is C18H18ClF2N3O3S. The molecule has 0 spiro atoms. The summed E-state index contributed by atoms with van der Waals surface area (Å²) in [5.74, 6) is -1.34. The van der Waals surface area contributed by atoms with E-state index in [9.17, 15) is 22.0 Å². The van der Waals surface area contributed by atoms with E-state index in [4.69, 9.17) is 11.6 Å². The van der Waals surface area contributed by atoms with Gasteiger partial charge >= 0.3 is 0 Å². The minimum Gasteiger partial charge on any atom is -0.351 e. The third kappa shape index (κ3) is 4.85. The van der Waals surface area contributed by atoms with Crippen LogP contribution in [0.5, 0.6) is 0 Å². The molecule has 1 amide bonds. The molecule has 0 unspecified atom stereocenters. The maximum Gasteiger partial charge on any atom is 0.282 e. The topological polar surface area (TPSA) is 69.7 Å². The number of hydrogen-bond donors (Lipinski definition) is 1. The van der Waals surface area contributed by atoms with Gasteiger partial charge in [0.25, 0.3) is 10.2 Å². The Morgan fingerprint density at radius 2 is 1.68 bits per heavy atom. The Labute approximate surface area is 166 Å². The first-order valence-corrected chi connectivity index (χ1v) is 10.2. The van der Waals surface area contributed by atoms with Crippen molar-refractivity contribution in [2.75, 3.05) is 19.6 Å². The number of nitrogens with zero attached hydrogens (tertiary/aromatic N) is 2. The molecule has 1 aliphatic heterocycles. The smallest absolute Gasteiger partial charge is 0.282 e. The van der Waals surface area contributed by atoms with E-state index in [-0.39, 0.29) is 43.6 Å². The van der Waals surface area contributed by atoms with Crippen LogP contribution < -0.4 is 5.32 Å². The third-order valence-corrected chi connectivity index (χ3v) is 6.62. The summed E-state index contributed by atoms with van der Waals surface area (Å²) in [4.78, 5) is 12.1. The van der Waals surface area contributed by atoms with E-state index >= 15 is 0 Å². The molecule has 1 saturated heterocycles. The van der Waals surface area contributed by atoms with Crippen molar-refractivity contribution in [2.24, 2.45) is 0 Å². The van der Waals surface area contributed by atoms with E-state index in [0.29, 0.717) is 11.1 Å². The molecule has 2 aromatic rings. The van der Waals surface area contributed by atoms with E-state index in [1.807, 2.05) is 0 Å². The van der Waals surface area contributed by atoms with Crippen molar-refractivity contribution in [3.8, 4) is 0 Å². The van der Waals surface area contributed by atoms with E-state index < -0.39 is 21.9 Å². The summed E-state index contributed by atoms with van der Waals surface area (Å²) >= 11 is 5.97. The van der Waals surface area contributed by atoms with Crippen molar-refractivity contribution in [3.63, 3.8) is 0 Å². The predicted molar refractivity (Wildman–Crippen MR) is 101 cm³/mol. The largest absolute Gasteiger partial charge is 0.351 e. The summed E-state index contributed by atoms with van der Waals surface area (Å²) in [6.07, 6.45) is 0. The van der Waals surface area contributed by atoms with E-state index in [1.54, 1.807) is 0 Å². The molecule has 1 aliphatic rings. The molecule has 0 saturated carbocycles. The van der Waals surface area contributed by atoms with Gasteiger partial charge in [0.05, 0.1) is 6.54 Å². The standard InChI is InChI=1S/C18H18ClF2N3O3S/c19-17-9-16(21)6-3-14(17)11-23-7-8-24(28(23,26)27)12-18(25)22-10-13-1-4-15(20)5-2-13/h1-6,9H,7-8,10-12H2,(H,22,25). The normalized spacial score (nSPS) is 17.0. The van der Waals surface area contributed by atoms with Gasteiger partial charge in [0.1, 0.15) is 11.6 Å². The molecule has 1 fully saturated rings. The van der Waals surface area contributed by atoms with Crippen LogP contribution in [0.15, 0.2) is 42.5 Å². The third-order valence-electron chi connectivity index (χ3n) is 4.34. The van der Waals surface area contributed by atoms with Gasteiger partial charge in [0, 0.05) is 31.2 Å². The van der Waals surface area contributed by atoms with Crippen LogP contribution in [0, 0.1) is 11.6 Å². The van der Waals surface area contributed by atoms with Crippen LogP contribution in [-0.2, 0) is 28.1 Å². The minimum atomic E-state index is -3.83. The van der Waals surface area contributed by atoms with Crippen LogP contribution in [0.3, 0.4) is 0 Å². The second-order valence-corrected chi connectivity index (χ2v) is 8.65. The number of amides is 1. The van der Waals surface area contributed by atoms with Gasteiger partial charge in [-0.3, -0.25) is 4.79 Å². The molecule has 0 aromatic heterocycles. The summed E-state index contributed by atoms with van der Waals surface area (Å²) in [5, 5.41) is 2.76. The Morgan fingerprint density at radius 3 is 2.36 bits per heavy atom. The zero-order chi connectivity index (χ0) is 20.3. The van der Waals surface area contributed by atoms with Crippen molar-refractivity contribution >= 4 is 27.7 Å². The van der Waals surface area contributed by atoms with Crippen LogP contribution in [0.4, 0.5) is 8.78 Å². The first-order chi connectivity index (χ1) is 13.3. The van der Waals surface area contributed by atoms with Gasteiger partial charge in [-0.1, -0.05) is 29.8 Å². The first kappa shape index (κ1) is 20.7. The quantitative estimate of drug-likeness (QED) is 0.766. The lowest BCUT2D eigenvalue weighted by atomic mass is 10.2. The fourth-order valence-corrected chi connectivity index (χ4v) is 4.56.